The quantitative estimate of drug-likeness (QED) is 0.814. The van der Waals surface area contributed by atoms with Gasteiger partial charge in [-0.15, -0.1) is 0 Å². The van der Waals surface area contributed by atoms with Gasteiger partial charge < -0.3 is 10.6 Å². The monoisotopic (exact) mass is 261 g/mol. The molecule has 1 aromatic rings. The highest BCUT2D eigenvalue weighted by Gasteiger charge is 2.37. The van der Waals surface area contributed by atoms with E-state index in [1.807, 2.05) is 14.0 Å². The SMILES string of the molecule is Cc1ccc(N(C)CC(C)(NC2CC2)C(N)=O)cc1. The Morgan fingerprint density at radius 2 is 2.00 bits per heavy atom. The first kappa shape index (κ1) is 13.9. The van der Waals surface area contributed by atoms with Crippen LogP contribution in [0.15, 0.2) is 24.3 Å². The van der Waals surface area contributed by atoms with E-state index in [2.05, 4.69) is 41.4 Å². The lowest BCUT2D eigenvalue weighted by Gasteiger charge is -2.33. The van der Waals surface area contributed by atoms with Gasteiger partial charge in [0.2, 0.25) is 5.91 Å². The van der Waals surface area contributed by atoms with Gasteiger partial charge in [-0.05, 0) is 38.8 Å². The maximum absolute atomic E-state index is 11.7. The van der Waals surface area contributed by atoms with Crippen LogP contribution >= 0.6 is 0 Å². The summed E-state index contributed by atoms with van der Waals surface area (Å²) in [5.74, 6) is -0.293. The molecule has 0 bridgehead atoms. The second kappa shape index (κ2) is 5.21. The first-order valence-corrected chi connectivity index (χ1v) is 6.76. The van der Waals surface area contributed by atoms with E-state index in [-0.39, 0.29) is 5.91 Å². The van der Waals surface area contributed by atoms with Crippen molar-refractivity contribution in [2.75, 3.05) is 18.5 Å². The van der Waals surface area contributed by atoms with E-state index in [9.17, 15) is 4.79 Å². The minimum Gasteiger partial charge on any atom is -0.372 e. The maximum atomic E-state index is 11.7. The van der Waals surface area contributed by atoms with Crippen LogP contribution in [0, 0.1) is 6.92 Å². The fraction of sp³-hybridized carbons (Fsp3) is 0.533. The predicted molar refractivity (Wildman–Crippen MR) is 78.2 cm³/mol. The van der Waals surface area contributed by atoms with Gasteiger partial charge in [0, 0.05) is 25.3 Å². The number of likely N-dealkylation sites (N-methyl/N-ethyl adjacent to an activating group) is 1. The number of nitrogens with one attached hydrogen (secondary N) is 1. The second-order valence-electron chi connectivity index (χ2n) is 5.81. The molecule has 1 atom stereocenters. The lowest BCUT2D eigenvalue weighted by atomic mass is 10.00. The van der Waals surface area contributed by atoms with Gasteiger partial charge in [-0.2, -0.15) is 0 Å². The van der Waals surface area contributed by atoms with Crippen molar-refractivity contribution >= 4 is 11.6 Å². The minimum atomic E-state index is -0.680. The zero-order chi connectivity index (χ0) is 14.0. The highest BCUT2D eigenvalue weighted by molar-refractivity contribution is 5.85. The number of primary amides is 1. The predicted octanol–water partition coefficient (Wildman–Crippen LogP) is 1.43. The van der Waals surface area contributed by atoms with Gasteiger partial charge in [0.1, 0.15) is 5.54 Å². The maximum Gasteiger partial charge on any atom is 0.239 e. The van der Waals surface area contributed by atoms with Crippen molar-refractivity contribution in [1.82, 2.24) is 5.32 Å². The summed E-state index contributed by atoms with van der Waals surface area (Å²) in [5.41, 5.74) is 7.21. The summed E-state index contributed by atoms with van der Waals surface area (Å²) in [6.45, 7) is 4.52. The van der Waals surface area contributed by atoms with E-state index >= 15 is 0 Å². The summed E-state index contributed by atoms with van der Waals surface area (Å²) < 4.78 is 0. The molecule has 0 spiro atoms. The van der Waals surface area contributed by atoms with E-state index in [4.69, 9.17) is 5.73 Å². The molecule has 0 saturated heterocycles. The molecule has 1 saturated carbocycles. The van der Waals surface area contributed by atoms with Gasteiger partial charge in [0.15, 0.2) is 0 Å². The summed E-state index contributed by atoms with van der Waals surface area (Å²) in [6, 6.07) is 8.72. The number of hydrogen-bond donors (Lipinski definition) is 2. The van der Waals surface area contributed by atoms with Gasteiger partial charge in [0.05, 0.1) is 0 Å². The number of nitrogens with zero attached hydrogens (tertiary/aromatic N) is 1. The number of benzene rings is 1. The highest BCUT2D eigenvalue weighted by atomic mass is 16.1. The van der Waals surface area contributed by atoms with Crippen molar-refractivity contribution < 1.29 is 4.79 Å². The van der Waals surface area contributed by atoms with Crippen LogP contribution in [-0.2, 0) is 4.79 Å². The van der Waals surface area contributed by atoms with E-state index in [0.717, 1.165) is 18.5 Å². The van der Waals surface area contributed by atoms with Crippen molar-refractivity contribution in [2.24, 2.45) is 5.73 Å². The summed E-state index contributed by atoms with van der Waals surface area (Å²) in [4.78, 5) is 13.8. The molecule has 4 heteroatoms. The summed E-state index contributed by atoms with van der Waals surface area (Å²) in [5, 5.41) is 3.36. The Hall–Kier alpha value is -1.55. The molecule has 1 aliphatic rings. The normalized spacial score (nSPS) is 17.8. The van der Waals surface area contributed by atoms with Crippen LogP contribution in [-0.4, -0.2) is 31.1 Å². The molecule has 0 aliphatic heterocycles. The Bertz CT molecular complexity index is 453. The molecule has 1 aromatic carbocycles. The average molecular weight is 261 g/mol. The Morgan fingerprint density at radius 3 is 2.47 bits per heavy atom. The number of carbonyl (C=O) groups is 1. The molecule has 0 radical (unpaired) electrons. The van der Waals surface area contributed by atoms with E-state index < -0.39 is 5.54 Å². The van der Waals surface area contributed by atoms with Crippen molar-refractivity contribution in [3.8, 4) is 0 Å². The molecule has 3 N–H and O–H groups in total. The van der Waals surface area contributed by atoms with Crippen LogP contribution in [0.4, 0.5) is 5.69 Å². The molecule has 19 heavy (non-hydrogen) atoms. The molecule has 4 nitrogen and oxygen atoms in total. The smallest absolute Gasteiger partial charge is 0.239 e. The van der Waals surface area contributed by atoms with Gasteiger partial charge >= 0.3 is 0 Å². The van der Waals surface area contributed by atoms with Crippen LogP contribution in [0.5, 0.6) is 0 Å². The molecule has 0 heterocycles. The Balaban J connectivity index is 2.07. The standard InChI is InChI=1S/C15H23N3O/c1-11-4-8-13(9-5-11)18(3)10-15(2,14(16)19)17-12-6-7-12/h4-5,8-9,12,17H,6-7,10H2,1-3H3,(H2,16,19). The Morgan fingerprint density at radius 1 is 1.42 bits per heavy atom. The van der Waals surface area contributed by atoms with Gasteiger partial charge in [-0.25, -0.2) is 0 Å². The Kier molecular flexibility index (Phi) is 3.80. The zero-order valence-corrected chi connectivity index (χ0v) is 11.9. The fourth-order valence-electron chi connectivity index (χ4n) is 2.24. The molecule has 1 unspecified atom stereocenters. The first-order valence-electron chi connectivity index (χ1n) is 6.76. The summed E-state index contributed by atoms with van der Waals surface area (Å²) in [6.07, 6.45) is 2.27. The van der Waals surface area contributed by atoms with E-state index in [1.54, 1.807) is 0 Å². The summed E-state index contributed by atoms with van der Waals surface area (Å²) in [7, 11) is 1.99. The number of carbonyl (C=O) groups excluding carboxylic acids is 1. The number of anilines is 1. The molecular weight excluding hydrogens is 238 g/mol. The molecule has 0 aromatic heterocycles. The van der Waals surface area contributed by atoms with Crippen LogP contribution < -0.4 is 16.0 Å². The second-order valence-corrected chi connectivity index (χ2v) is 5.81. The van der Waals surface area contributed by atoms with Crippen LogP contribution in [0.3, 0.4) is 0 Å². The highest BCUT2D eigenvalue weighted by Crippen LogP contribution is 2.24. The van der Waals surface area contributed by atoms with Crippen molar-refractivity contribution in [3.63, 3.8) is 0 Å². The average Bonchev–Trinajstić information content (AvgIpc) is 3.13. The van der Waals surface area contributed by atoms with E-state index in [1.165, 1.54) is 5.56 Å². The third kappa shape index (κ3) is 3.47. The van der Waals surface area contributed by atoms with Crippen LogP contribution in [0.25, 0.3) is 0 Å². The summed E-state index contributed by atoms with van der Waals surface area (Å²) >= 11 is 0. The fourth-order valence-corrected chi connectivity index (χ4v) is 2.24. The third-order valence-corrected chi connectivity index (χ3v) is 3.67. The molecule has 1 amide bonds. The first-order chi connectivity index (χ1) is 8.90. The number of amides is 1. The minimum absolute atomic E-state index is 0.293. The lowest BCUT2D eigenvalue weighted by Crippen LogP contribution is -2.59. The van der Waals surface area contributed by atoms with Crippen LogP contribution in [0.2, 0.25) is 0 Å². The van der Waals surface area contributed by atoms with Crippen molar-refractivity contribution in [1.29, 1.82) is 0 Å². The van der Waals surface area contributed by atoms with Gasteiger partial charge in [0.25, 0.3) is 0 Å². The van der Waals surface area contributed by atoms with Gasteiger partial charge in [-0.1, -0.05) is 17.7 Å². The largest absolute Gasteiger partial charge is 0.372 e. The number of hydrogen-bond acceptors (Lipinski definition) is 3. The van der Waals surface area contributed by atoms with Crippen LogP contribution in [0.1, 0.15) is 25.3 Å². The molecule has 104 valence electrons. The third-order valence-electron chi connectivity index (χ3n) is 3.67. The lowest BCUT2D eigenvalue weighted by molar-refractivity contribution is -0.123. The van der Waals surface area contributed by atoms with E-state index in [0.29, 0.717) is 12.6 Å². The zero-order valence-electron chi connectivity index (χ0n) is 11.9. The topological polar surface area (TPSA) is 58.4 Å². The Labute approximate surface area is 115 Å². The molecule has 1 fully saturated rings. The van der Waals surface area contributed by atoms with Crippen molar-refractivity contribution in [2.45, 2.75) is 38.3 Å². The number of rotatable bonds is 6. The molecular formula is C15H23N3O. The van der Waals surface area contributed by atoms with Crippen molar-refractivity contribution in [3.05, 3.63) is 29.8 Å². The number of aryl methyl sites for hydroxylation is 1. The molecule has 1 aliphatic carbocycles. The van der Waals surface area contributed by atoms with Gasteiger partial charge in [-0.3, -0.25) is 10.1 Å². The molecule has 2 rings (SSSR count). The number of nitrogens with two attached hydrogens (primary N) is 1.